The van der Waals surface area contributed by atoms with Crippen LogP contribution >= 0.6 is 23.4 Å². The molecule has 1 N–H and O–H groups in total. The second-order valence-corrected chi connectivity index (χ2v) is 7.74. The van der Waals surface area contributed by atoms with Crippen LogP contribution in [0.5, 0.6) is 0 Å². The number of anilines is 1. The van der Waals surface area contributed by atoms with Crippen molar-refractivity contribution in [2.24, 2.45) is 0 Å². The van der Waals surface area contributed by atoms with E-state index < -0.39 is 0 Å². The summed E-state index contributed by atoms with van der Waals surface area (Å²) in [5.41, 5.74) is 1.74. The molecule has 0 aliphatic heterocycles. The third kappa shape index (κ3) is 4.36. The smallest absolute Gasteiger partial charge is 0.234 e. The van der Waals surface area contributed by atoms with Gasteiger partial charge in [-0.3, -0.25) is 4.79 Å². The van der Waals surface area contributed by atoms with Crippen LogP contribution in [0.1, 0.15) is 49.9 Å². The average Bonchev–Trinajstić information content (AvgIpc) is 3.24. The molecular weight excluding hydrogens is 356 g/mol. The standard InChI is InChI=1S/C18H23ClN4OS/c1-3-23-17(13-6-4-5-7-13)21-22-18(23)25-11-16(24)20-15-10-14(19)9-8-12(15)2/h8-10,13H,3-7,11H2,1-2H3,(H,20,24). The number of benzene rings is 1. The molecule has 1 saturated carbocycles. The van der Waals surface area contributed by atoms with Gasteiger partial charge in [-0.1, -0.05) is 42.3 Å². The molecule has 1 heterocycles. The van der Waals surface area contributed by atoms with E-state index in [0.717, 1.165) is 28.8 Å². The van der Waals surface area contributed by atoms with Crippen LogP contribution in [0.15, 0.2) is 23.4 Å². The van der Waals surface area contributed by atoms with Gasteiger partial charge in [-0.05, 0) is 44.4 Å². The minimum absolute atomic E-state index is 0.0663. The number of aromatic nitrogens is 3. The third-order valence-electron chi connectivity index (χ3n) is 4.59. The fourth-order valence-corrected chi connectivity index (χ4v) is 4.22. The highest BCUT2D eigenvalue weighted by Crippen LogP contribution is 2.34. The van der Waals surface area contributed by atoms with Crippen LogP contribution in [0.25, 0.3) is 0 Å². The molecule has 0 unspecified atom stereocenters. The van der Waals surface area contributed by atoms with E-state index in [0.29, 0.717) is 16.7 Å². The number of nitrogens with one attached hydrogen (secondary N) is 1. The summed E-state index contributed by atoms with van der Waals surface area (Å²) in [6, 6.07) is 5.48. The number of carbonyl (C=O) groups excluding carboxylic acids is 1. The molecule has 0 atom stereocenters. The predicted octanol–water partition coefficient (Wildman–Crippen LogP) is 4.65. The molecule has 1 amide bonds. The van der Waals surface area contributed by atoms with Gasteiger partial charge in [0.2, 0.25) is 5.91 Å². The Bertz CT molecular complexity index is 756. The molecule has 1 fully saturated rings. The number of halogens is 1. The first kappa shape index (κ1) is 18.3. The number of nitrogens with zero attached hydrogens (tertiary/aromatic N) is 3. The van der Waals surface area contributed by atoms with Crippen LogP contribution in [0.3, 0.4) is 0 Å². The van der Waals surface area contributed by atoms with Gasteiger partial charge in [0.05, 0.1) is 5.75 Å². The summed E-state index contributed by atoms with van der Waals surface area (Å²) in [7, 11) is 0. The van der Waals surface area contributed by atoms with Crippen molar-refractivity contribution in [3.63, 3.8) is 0 Å². The summed E-state index contributed by atoms with van der Waals surface area (Å²) in [6.45, 7) is 4.87. The Morgan fingerprint density at radius 1 is 1.36 bits per heavy atom. The minimum atomic E-state index is -0.0663. The number of rotatable bonds is 6. The fraction of sp³-hybridized carbons (Fsp3) is 0.500. The van der Waals surface area contributed by atoms with E-state index in [2.05, 4.69) is 27.0 Å². The van der Waals surface area contributed by atoms with Crippen LogP contribution in [-0.2, 0) is 11.3 Å². The van der Waals surface area contributed by atoms with Gasteiger partial charge in [-0.25, -0.2) is 0 Å². The average molecular weight is 379 g/mol. The molecule has 5 nitrogen and oxygen atoms in total. The fourth-order valence-electron chi connectivity index (χ4n) is 3.24. The van der Waals surface area contributed by atoms with Gasteiger partial charge >= 0.3 is 0 Å². The molecular formula is C18H23ClN4OS. The van der Waals surface area contributed by atoms with E-state index in [4.69, 9.17) is 11.6 Å². The molecule has 0 saturated heterocycles. The van der Waals surface area contributed by atoms with E-state index in [1.54, 1.807) is 6.07 Å². The van der Waals surface area contributed by atoms with Crippen molar-refractivity contribution in [2.75, 3.05) is 11.1 Å². The number of thioether (sulfide) groups is 1. The zero-order chi connectivity index (χ0) is 17.8. The summed E-state index contributed by atoms with van der Waals surface area (Å²) < 4.78 is 2.15. The normalized spacial score (nSPS) is 14.8. The lowest BCUT2D eigenvalue weighted by Crippen LogP contribution is -2.15. The zero-order valence-electron chi connectivity index (χ0n) is 14.6. The van der Waals surface area contributed by atoms with Crippen molar-refractivity contribution in [3.8, 4) is 0 Å². The van der Waals surface area contributed by atoms with Crippen LogP contribution in [0.4, 0.5) is 5.69 Å². The topological polar surface area (TPSA) is 59.8 Å². The lowest BCUT2D eigenvalue weighted by atomic mass is 10.1. The van der Waals surface area contributed by atoms with Crippen molar-refractivity contribution in [1.82, 2.24) is 14.8 Å². The monoisotopic (exact) mass is 378 g/mol. The number of amides is 1. The van der Waals surface area contributed by atoms with Crippen LogP contribution < -0.4 is 5.32 Å². The highest BCUT2D eigenvalue weighted by Gasteiger charge is 2.24. The van der Waals surface area contributed by atoms with Gasteiger partial charge in [-0.15, -0.1) is 10.2 Å². The predicted molar refractivity (Wildman–Crippen MR) is 102 cm³/mol. The van der Waals surface area contributed by atoms with Gasteiger partial charge in [0.1, 0.15) is 5.82 Å². The lowest BCUT2D eigenvalue weighted by molar-refractivity contribution is -0.113. The maximum absolute atomic E-state index is 12.3. The SMILES string of the molecule is CCn1c(SCC(=O)Nc2cc(Cl)ccc2C)nnc1C1CCCC1. The quantitative estimate of drug-likeness (QED) is 0.743. The van der Waals surface area contributed by atoms with E-state index in [9.17, 15) is 4.79 Å². The molecule has 134 valence electrons. The first-order valence-corrected chi connectivity index (χ1v) is 10.1. The van der Waals surface area contributed by atoms with Crippen LogP contribution in [0, 0.1) is 6.92 Å². The van der Waals surface area contributed by atoms with E-state index >= 15 is 0 Å². The molecule has 1 aliphatic carbocycles. The molecule has 0 spiro atoms. The van der Waals surface area contributed by atoms with Gasteiger partial charge in [0.15, 0.2) is 5.16 Å². The maximum Gasteiger partial charge on any atom is 0.234 e. The van der Waals surface area contributed by atoms with Crippen molar-refractivity contribution in [1.29, 1.82) is 0 Å². The molecule has 7 heteroatoms. The molecule has 1 aromatic heterocycles. The molecule has 1 aliphatic rings. The van der Waals surface area contributed by atoms with Gasteiger partial charge in [0.25, 0.3) is 0 Å². The number of aryl methyl sites for hydroxylation is 1. The Morgan fingerprint density at radius 2 is 2.12 bits per heavy atom. The second-order valence-electron chi connectivity index (χ2n) is 6.36. The lowest BCUT2D eigenvalue weighted by Gasteiger charge is -2.12. The Labute approximate surface area is 157 Å². The first-order valence-electron chi connectivity index (χ1n) is 8.70. The summed E-state index contributed by atoms with van der Waals surface area (Å²) in [5.74, 6) is 1.83. The van der Waals surface area contributed by atoms with Gasteiger partial charge in [0, 0.05) is 23.2 Å². The molecule has 25 heavy (non-hydrogen) atoms. The summed E-state index contributed by atoms with van der Waals surface area (Å²) >= 11 is 7.43. The second kappa shape index (κ2) is 8.23. The molecule has 1 aromatic carbocycles. The summed E-state index contributed by atoms with van der Waals surface area (Å²) in [6.07, 6.45) is 4.92. The minimum Gasteiger partial charge on any atom is -0.325 e. The van der Waals surface area contributed by atoms with Crippen molar-refractivity contribution < 1.29 is 4.79 Å². The zero-order valence-corrected chi connectivity index (χ0v) is 16.2. The van der Waals surface area contributed by atoms with E-state index in [1.807, 2.05) is 19.1 Å². The maximum atomic E-state index is 12.3. The molecule has 0 radical (unpaired) electrons. The molecule has 0 bridgehead atoms. The van der Waals surface area contributed by atoms with Gasteiger partial charge in [-0.2, -0.15) is 0 Å². The van der Waals surface area contributed by atoms with Crippen LogP contribution in [-0.4, -0.2) is 26.4 Å². The Hall–Kier alpha value is -1.53. The number of carbonyl (C=O) groups is 1. The number of hydrogen-bond donors (Lipinski definition) is 1. The van der Waals surface area contributed by atoms with Crippen LogP contribution in [0.2, 0.25) is 5.02 Å². The number of hydrogen-bond acceptors (Lipinski definition) is 4. The largest absolute Gasteiger partial charge is 0.325 e. The molecule has 3 rings (SSSR count). The highest BCUT2D eigenvalue weighted by molar-refractivity contribution is 7.99. The van der Waals surface area contributed by atoms with E-state index in [-0.39, 0.29) is 5.91 Å². The van der Waals surface area contributed by atoms with Crippen molar-refractivity contribution >= 4 is 35.0 Å². The molecule has 2 aromatic rings. The van der Waals surface area contributed by atoms with Crippen molar-refractivity contribution in [3.05, 3.63) is 34.6 Å². The third-order valence-corrected chi connectivity index (χ3v) is 5.79. The first-order chi connectivity index (χ1) is 12.1. The Morgan fingerprint density at radius 3 is 2.84 bits per heavy atom. The Balaban J connectivity index is 1.63. The van der Waals surface area contributed by atoms with Gasteiger partial charge < -0.3 is 9.88 Å². The Kier molecular flexibility index (Phi) is 6.02. The summed E-state index contributed by atoms with van der Waals surface area (Å²) in [5, 5.41) is 13.1. The van der Waals surface area contributed by atoms with Crippen molar-refractivity contribution in [2.45, 2.75) is 57.1 Å². The highest BCUT2D eigenvalue weighted by atomic mass is 35.5. The summed E-state index contributed by atoms with van der Waals surface area (Å²) in [4.78, 5) is 12.3. The van der Waals surface area contributed by atoms with E-state index in [1.165, 1.54) is 37.4 Å².